The Morgan fingerprint density at radius 1 is 1.18 bits per heavy atom. The van der Waals surface area contributed by atoms with Crippen LogP contribution >= 0.6 is 23.2 Å². The zero-order valence-electron chi connectivity index (χ0n) is 11.8. The maximum Gasteiger partial charge on any atom is 0.124 e. The number of carbonyl (C=O) groups excluding carboxylic acids is 1. The largest absolute Gasteiger partial charge is 0.497 e. The van der Waals surface area contributed by atoms with Crippen molar-refractivity contribution in [2.24, 2.45) is 0 Å². The maximum absolute atomic E-state index is 10.9. The highest BCUT2D eigenvalue weighted by Crippen LogP contribution is 2.38. The summed E-state index contributed by atoms with van der Waals surface area (Å²) in [4.78, 5) is 14.2. The van der Waals surface area contributed by atoms with Gasteiger partial charge in [-0.05, 0) is 35.9 Å². The first-order valence-corrected chi connectivity index (χ1v) is 7.47. The molecule has 0 bridgehead atoms. The lowest BCUT2D eigenvalue weighted by molar-refractivity contribution is -0.107. The van der Waals surface area contributed by atoms with Crippen LogP contribution in [0.4, 0.5) is 0 Å². The molecule has 0 amide bonds. The smallest absolute Gasteiger partial charge is 0.124 e. The summed E-state index contributed by atoms with van der Waals surface area (Å²) in [6.07, 6.45) is 1.14. The first-order valence-electron chi connectivity index (χ1n) is 6.71. The second kappa shape index (κ2) is 6.03. The molecule has 0 spiro atoms. The third kappa shape index (κ3) is 2.58. The number of nitrogens with one attached hydrogen (secondary N) is 1. The highest BCUT2D eigenvalue weighted by atomic mass is 35.5. The summed E-state index contributed by atoms with van der Waals surface area (Å²) in [7, 11) is 1.63. The lowest BCUT2D eigenvalue weighted by atomic mass is 10.0. The van der Waals surface area contributed by atoms with E-state index in [1.54, 1.807) is 13.2 Å². The van der Waals surface area contributed by atoms with Crippen molar-refractivity contribution in [2.45, 2.75) is 6.42 Å². The van der Waals surface area contributed by atoms with E-state index in [2.05, 4.69) is 4.98 Å². The van der Waals surface area contributed by atoms with Crippen molar-refractivity contribution in [3.63, 3.8) is 0 Å². The SMILES string of the molecule is COc1ccc2[nH]c(-c3c(CC=O)ccc(Cl)c3Cl)cc2c1. The van der Waals surface area contributed by atoms with Crippen molar-refractivity contribution < 1.29 is 9.53 Å². The maximum atomic E-state index is 10.9. The molecule has 3 aromatic rings. The number of H-pyrrole nitrogens is 1. The van der Waals surface area contributed by atoms with Gasteiger partial charge in [0.15, 0.2) is 0 Å². The summed E-state index contributed by atoms with van der Waals surface area (Å²) in [5.41, 5.74) is 3.39. The number of carbonyl (C=O) groups is 1. The van der Waals surface area contributed by atoms with Gasteiger partial charge in [-0.25, -0.2) is 0 Å². The van der Waals surface area contributed by atoms with Crippen LogP contribution in [0.1, 0.15) is 5.56 Å². The number of halogens is 2. The van der Waals surface area contributed by atoms with Crippen LogP contribution in [0, 0.1) is 0 Å². The molecule has 3 nitrogen and oxygen atoms in total. The quantitative estimate of drug-likeness (QED) is 0.690. The number of aldehydes is 1. The van der Waals surface area contributed by atoms with Crippen LogP contribution in [-0.4, -0.2) is 18.4 Å². The van der Waals surface area contributed by atoms with E-state index < -0.39 is 0 Å². The van der Waals surface area contributed by atoms with Crippen molar-refractivity contribution in [2.75, 3.05) is 7.11 Å². The van der Waals surface area contributed by atoms with Gasteiger partial charge in [0.25, 0.3) is 0 Å². The van der Waals surface area contributed by atoms with Gasteiger partial charge in [-0.2, -0.15) is 0 Å². The molecule has 1 heterocycles. The number of aromatic amines is 1. The van der Waals surface area contributed by atoms with E-state index in [9.17, 15) is 4.79 Å². The van der Waals surface area contributed by atoms with Crippen LogP contribution in [0.25, 0.3) is 22.2 Å². The number of ether oxygens (including phenoxy) is 1. The molecule has 0 unspecified atom stereocenters. The van der Waals surface area contributed by atoms with Gasteiger partial charge in [-0.15, -0.1) is 0 Å². The summed E-state index contributed by atoms with van der Waals surface area (Å²) in [5, 5.41) is 1.91. The van der Waals surface area contributed by atoms with Gasteiger partial charge in [-0.1, -0.05) is 29.3 Å². The van der Waals surface area contributed by atoms with E-state index >= 15 is 0 Å². The molecule has 0 aliphatic carbocycles. The second-order valence-corrected chi connectivity index (χ2v) is 5.69. The number of methoxy groups -OCH3 is 1. The van der Waals surface area contributed by atoms with Crippen LogP contribution in [0.3, 0.4) is 0 Å². The predicted molar refractivity (Wildman–Crippen MR) is 90.1 cm³/mol. The van der Waals surface area contributed by atoms with Crippen molar-refractivity contribution in [3.05, 3.63) is 52.0 Å². The molecule has 0 aliphatic heterocycles. The normalized spacial score (nSPS) is 10.9. The Morgan fingerprint density at radius 2 is 2.00 bits per heavy atom. The molecule has 0 aliphatic rings. The third-order valence-electron chi connectivity index (χ3n) is 3.58. The fourth-order valence-corrected chi connectivity index (χ4v) is 2.96. The van der Waals surface area contributed by atoms with Gasteiger partial charge in [0.1, 0.15) is 12.0 Å². The summed E-state index contributed by atoms with van der Waals surface area (Å²) >= 11 is 12.5. The molecule has 3 rings (SSSR count). The minimum absolute atomic E-state index is 0.283. The fourth-order valence-electron chi connectivity index (χ4n) is 2.51. The fraction of sp³-hybridized carbons (Fsp3) is 0.118. The minimum Gasteiger partial charge on any atom is -0.497 e. The number of hydrogen-bond acceptors (Lipinski definition) is 2. The summed E-state index contributed by atoms with van der Waals surface area (Å²) < 4.78 is 5.24. The number of hydrogen-bond donors (Lipinski definition) is 1. The van der Waals surface area contributed by atoms with Crippen molar-refractivity contribution >= 4 is 40.4 Å². The monoisotopic (exact) mass is 333 g/mol. The van der Waals surface area contributed by atoms with Gasteiger partial charge in [-0.3, -0.25) is 0 Å². The van der Waals surface area contributed by atoms with Gasteiger partial charge >= 0.3 is 0 Å². The molecule has 1 N–H and O–H groups in total. The minimum atomic E-state index is 0.283. The standard InChI is InChI=1S/C17H13Cl2NO2/c1-22-12-3-5-14-11(8-12)9-15(20-14)16-10(6-7-21)2-4-13(18)17(16)19/h2-5,7-9,20H,6H2,1H3. The summed E-state index contributed by atoms with van der Waals surface area (Å²) in [6, 6.07) is 11.3. The number of rotatable bonds is 4. The number of fused-ring (bicyclic) bond motifs is 1. The van der Waals surface area contributed by atoms with Gasteiger partial charge in [0, 0.05) is 28.6 Å². The third-order valence-corrected chi connectivity index (χ3v) is 4.39. The van der Waals surface area contributed by atoms with Crippen molar-refractivity contribution in [1.29, 1.82) is 0 Å². The van der Waals surface area contributed by atoms with E-state index in [-0.39, 0.29) is 6.42 Å². The molecular weight excluding hydrogens is 321 g/mol. The molecular formula is C17H13Cl2NO2. The van der Waals surface area contributed by atoms with Crippen LogP contribution in [-0.2, 0) is 11.2 Å². The molecule has 0 atom stereocenters. The summed E-state index contributed by atoms with van der Waals surface area (Å²) in [5.74, 6) is 0.781. The average molecular weight is 334 g/mol. The molecule has 0 saturated carbocycles. The van der Waals surface area contributed by atoms with Crippen molar-refractivity contribution in [1.82, 2.24) is 4.98 Å². The van der Waals surface area contributed by atoms with Gasteiger partial charge < -0.3 is 14.5 Å². The van der Waals surface area contributed by atoms with Crippen molar-refractivity contribution in [3.8, 4) is 17.0 Å². The number of benzene rings is 2. The van der Waals surface area contributed by atoms with E-state index in [1.807, 2.05) is 30.3 Å². The molecule has 0 saturated heterocycles. The van der Waals surface area contributed by atoms with E-state index in [0.717, 1.165) is 39.8 Å². The highest BCUT2D eigenvalue weighted by molar-refractivity contribution is 6.43. The lowest BCUT2D eigenvalue weighted by Gasteiger charge is -2.09. The highest BCUT2D eigenvalue weighted by Gasteiger charge is 2.15. The van der Waals surface area contributed by atoms with E-state index in [0.29, 0.717) is 10.0 Å². The molecule has 0 fully saturated rings. The second-order valence-electron chi connectivity index (χ2n) is 4.90. The van der Waals surface area contributed by atoms with E-state index in [4.69, 9.17) is 27.9 Å². The Bertz CT molecular complexity index is 855. The van der Waals surface area contributed by atoms with E-state index in [1.165, 1.54) is 0 Å². The topological polar surface area (TPSA) is 42.1 Å². The first-order chi connectivity index (χ1) is 10.6. The zero-order valence-corrected chi connectivity index (χ0v) is 13.3. The lowest BCUT2D eigenvalue weighted by Crippen LogP contribution is -1.93. The Balaban J connectivity index is 2.22. The van der Waals surface area contributed by atoms with Gasteiger partial charge in [0.2, 0.25) is 0 Å². The molecule has 22 heavy (non-hydrogen) atoms. The first kappa shape index (κ1) is 14.9. The summed E-state index contributed by atoms with van der Waals surface area (Å²) in [6.45, 7) is 0. The van der Waals surface area contributed by atoms with Gasteiger partial charge in [0.05, 0.1) is 17.2 Å². The van der Waals surface area contributed by atoms with Crippen LogP contribution < -0.4 is 4.74 Å². The predicted octanol–water partition coefficient (Wildman–Crippen LogP) is 4.89. The molecule has 1 aromatic heterocycles. The Morgan fingerprint density at radius 3 is 2.73 bits per heavy atom. The number of aromatic nitrogens is 1. The molecule has 0 radical (unpaired) electrons. The molecule has 112 valence electrons. The zero-order chi connectivity index (χ0) is 15.7. The Hall–Kier alpha value is -1.97. The average Bonchev–Trinajstić information content (AvgIpc) is 2.93. The molecule has 5 heteroatoms. The van der Waals surface area contributed by atoms with Crippen LogP contribution in [0.2, 0.25) is 10.0 Å². The Kier molecular flexibility index (Phi) is 4.10. The van der Waals surface area contributed by atoms with Crippen LogP contribution in [0.15, 0.2) is 36.4 Å². The Labute approximate surface area is 137 Å². The van der Waals surface area contributed by atoms with Crippen LogP contribution in [0.5, 0.6) is 5.75 Å². The molecule has 2 aromatic carbocycles.